The normalized spacial score (nSPS) is 10.2. The number of carbonyl (C=O) groups excluding carboxylic acids is 3. The number of hydrogen-bond donors (Lipinski definition) is 1. The van der Waals surface area contributed by atoms with Crippen LogP contribution in [0.1, 0.15) is 22.8 Å². The Morgan fingerprint density at radius 2 is 1.90 bits per heavy atom. The molecule has 0 aromatic heterocycles. The maximum Gasteiger partial charge on any atom is 0.341 e. The summed E-state index contributed by atoms with van der Waals surface area (Å²) < 4.78 is 9.70. The molecule has 20 heavy (non-hydrogen) atoms. The molecular formula is C14H15NO5. The van der Waals surface area contributed by atoms with Crippen LogP contribution in [-0.4, -0.2) is 32.0 Å². The van der Waals surface area contributed by atoms with Crippen LogP contribution in [0.2, 0.25) is 0 Å². The van der Waals surface area contributed by atoms with Gasteiger partial charge in [-0.25, -0.2) is 4.79 Å². The van der Waals surface area contributed by atoms with Crippen molar-refractivity contribution >= 4 is 23.9 Å². The summed E-state index contributed by atoms with van der Waals surface area (Å²) in [5, 5.41) is 2.10. The molecule has 0 unspecified atom stereocenters. The molecule has 0 radical (unpaired) electrons. The standard InChI is InChI=1S/C14H15NO5/c1-9(16)15-13(17)7-5-10-4-6-12(19-2)11(8-10)14(18)20-3/h4-8H,1-3H3,(H,15,16,17). The van der Waals surface area contributed by atoms with Crippen LogP contribution in [0.5, 0.6) is 5.75 Å². The van der Waals surface area contributed by atoms with Gasteiger partial charge in [0, 0.05) is 13.0 Å². The molecule has 6 nitrogen and oxygen atoms in total. The molecule has 1 aromatic carbocycles. The molecule has 1 N–H and O–H groups in total. The smallest absolute Gasteiger partial charge is 0.341 e. The van der Waals surface area contributed by atoms with E-state index in [2.05, 4.69) is 10.1 Å². The van der Waals surface area contributed by atoms with E-state index >= 15 is 0 Å². The van der Waals surface area contributed by atoms with Crippen molar-refractivity contribution < 1.29 is 23.9 Å². The minimum Gasteiger partial charge on any atom is -0.496 e. The Morgan fingerprint density at radius 3 is 2.45 bits per heavy atom. The molecule has 0 bridgehead atoms. The fraction of sp³-hybridized carbons (Fsp3) is 0.214. The molecule has 0 aliphatic heterocycles. The van der Waals surface area contributed by atoms with Gasteiger partial charge in [0.25, 0.3) is 5.91 Å². The molecular weight excluding hydrogens is 262 g/mol. The summed E-state index contributed by atoms with van der Waals surface area (Å²) in [5.74, 6) is -1.13. The summed E-state index contributed by atoms with van der Waals surface area (Å²) in [7, 11) is 2.71. The van der Waals surface area contributed by atoms with Crippen molar-refractivity contribution in [3.8, 4) is 5.75 Å². The van der Waals surface area contributed by atoms with Crippen molar-refractivity contribution in [2.45, 2.75) is 6.92 Å². The highest BCUT2D eigenvalue weighted by Gasteiger charge is 2.12. The van der Waals surface area contributed by atoms with Crippen molar-refractivity contribution in [3.05, 3.63) is 35.4 Å². The van der Waals surface area contributed by atoms with E-state index in [-0.39, 0.29) is 5.56 Å². The zero-order valence-corrected chi connectivity index (χ0v) is 11.4. The van der Waals surface area contributed by atoms with E-state index in [4.69, 9.17) is 4.74 Å². The lowest BCUT2D eigenvalue weighted by atomic mass is 10.1. The number of nitrogens with one attached hydrogen (secondary N) is 1. The highest BCUT2D eigenvalue weighted by atomic mass is 16.5. The van der Waals surface area contributed by atoms with Crippen molar-refractivity contribution in [1.29, 1.82) is 0 Å². The van der Waals surface area contributed by atoms with Gasteiger partial charge in [-0.05, 0) is 23.8 Å². The van der Waals surface area contributed by atoms with Gasteiger partial charge in [0.05, 0.1) is 14.2 Å². The number of benzene rings is 1. The van der Waals surface area contributed by atoms with Crippen LogP contribution >= 0.6 is 0 Å². The minimum atomic E-state index is -0.537. The molecule has 106 valence electrons. The van der Waals surface area contributed by atoms with Crippen LogP contribution in [0.3, 0.4) is 0 Å². The molecule has 1 rings (SSSR count). The third kappa shape index (κ3) is 4.24. The molecule has 0 spiro atoms. The Hall–Kier alpha value is -2.63. The van der Waals surface area contributed by atoms with Gasteiger partial charge in [-0.15, -0.1) is 0 Å². The van der Waals surface area contributed by atoms with Crippen molar-refractivity contribution in [2.75, 3.05) is 14.2 Å². The number of amides is 2. The van der Waals surface area contributed by atoms with Crippen molar-refractivity contribution in [1.82, 2.24) is 5.32 Å². The van der Waals surface area contributed by atoms with Gasteiger partial charge in [0.2, 0.25) is 5.91 Å². The average Bonchev–Trinajstić information content (AvgIpc) is 2.43. The number of imide groups is 1. The number of esters is 1. The summed E-state index contributed by atoms with van der Waals surface area (Å²) in [6.45, 7) is 1.24. The molecule has 0 fully saturated rings. The monoisotopic (exact) mass is 277 g/mol. The molecule has 0 aliphatic carbocycles. The van der Waals surface area contributed by atoms with Gasteiger partial charge in [-0.1, -0.05) is 6.07 Å². The van der Waals surface area contributed by atoms with Crippen molar-refractivity contribution in [3.63, 3.8) is 0 Å². The van der Waals surface area contributed by atoms with E-state index in [1.807, 2.05) is 0 Å². The number of ether oxygens (including phenoxy) is 2. The zero-order valence-electron chi connectivity index (χ0n) is 11.4. The second-order valence-electron chi connectivity index (χ2n) is 3.83. The van der Waals surface area contributed by atoms with Crippen LogP contribution in [0.15, 0.2) is 24.3 Å². The fourth-order valence-electron chi connectivity index (χ4n) is 1.49. The third-order valence-corrected chi connectivity index (χ3v) is 2.36. The second-order valence-corrected chi connectivity index (χ2v) is 3.83. The maximum absolute atomic E-state index is 11.6. The Labute approximate surface area is 116 Å². The molecule has 6 heteroatoms. The van der Waals surface area contributed by atoms with E-state index in [0.717, 1.165) is 0 Å². The summed E-state index contributed by atoms with van der Waals surface area (Å²) >= 11 is 0. The number of hydrogen-bond acceptors (Lipinski definition) is 5. The predicted octanol–water partition coefficient (Wildman–Crippen LogP) is 1.16. The Bertz CT molecular complexity index is 563. The molecule has 0 atom stereocenters. The van der Waals surface area contributed by atoms with Gasteiger partial charge < -0.3 is 9.47 Å². The minimum absolute atomic E-state index is 0.254. The lowest BCUT2D eigenvalue weighted by Gasteiger charge is -2.07. The maximum atomic E-state index is 11.6. The fourth-order valence-corrected chi connectivity index (χ4v) is 1.49. The number of methoxy groups -OCH3 is 2. The Kier molecular flexibility index (Phi) is 5.46. The first-order chi connectivity index (χ1) is 9.47. The second kappa shape index (κ2) is 7.08. The largest absolute Gasteiger partial charge is 0.496 e. The highest BCUT2D eigenvalue weighted by molar-refractivity contribution is 6.02. The van der Waals surface area contributed by atoms with Crippen LogP contribution in [0, 0.1) is 0 Å². The third-order valence-electron chi connectivity index (χ3n) is 2.36. The van der Waals surface area contributed by atoms with Gasteiger partial charge in [0.15, 0.2) is 0 Å². The topological polar surface area (TPSA) is 81.7 Å². The Balaban J connectivity index is 2.97. The van der Waals surface area contributed by atoms with Crippen molar-refractivity contribution in [2.24, 2.45) is 0 Å². The zero-order chi connectivity index (χ0) is 15.1. The molecule has 0 heterocycles. The van der Waals surface area contributed by atoms with E-state index in [0.29, 0.717) is 11.3 Å². The van der Waals surface area contributed by atoms with Crippen LogP contribution in [0.4, 0.5) is 0 Å². The lowest BCUT2D eigenvalue weighted by molar-refractivity contribution is -0.126. The quantitative estimate of drug-likeness (QED) is 0.659. The molecule has 0 saturated heterocycles. The van der Waals surface area contributed by atoms with E-state index in [9.17, 15) is 14.4 Å². The molecule has 2 amide bonds. The van der Waals surface area contributed by atoms with Crippen LogP contribution in [0.25, 0.3) is 6.08 Å². The van der Waals surface area contributed by atoms with Gasteiger partial charge in [0.1, 0.15) is 11.3 Å². The molecule has 0 saturated carbocycles. The summed E-state index contributed by atoms with van der Waals surface area (Å²) in [5.41, 5.74) is 0.856. The summed E-state index contributed by atoms with van der Waals surface area (Å²) in [4.78, 5) is 33.6. The average molecular weight is 277 g/mol. The van der Waals surface area contributed by atoms with E-state index < -0.39 is 17.8 Å². The Morgan fingerprint density at radius 1 is 1.20 bits per heavy atom. The first-order valence-corrected chi connectivity index (χ1v) is 5.74. The number of rotatable bonds is 4. The molecule has 1 aromatic rings. The van der Waals surface area contributed by atoms with E-state index in [1.54, 1.807) is 12.1 Å². The van der Waals surface area contributed by atoms with E-state index in [1.165, 1.54) is 39.4 Å². The predicted molar refractivity (Wildman–Crippen MR) is 72.2 cm³/mol. The number of carbonyl (C=O) groups is 3. The molecule has 0 aliphatic rings. The van der Waals surface area contributed by atoms with Crippen LogP contribution in [-0.2, 0) is 14.3 Å². The highest BCUT2D eigenvalue weighted by Crippen LogP contribution is 2.21. The lowest BCUT2D eigenvalue weighted by Crippen LogP contribution is -2.25. The summed E-state index contributed by atoms with van der Waals surface area (Å²) in [6, 6.07) is 4.79. The van der Waals surface area contributed by atoms with Gasteiger partial charge in [-0.2, -0.15) is 0 Å². The first-order valence-electron chi connectivity index (χ1n) is 5.74. The SMILES string of the molecule is COC(=O)c1cc(C=CC(=O)NC(C)=O)ccc1OC. The van der Waals surface area contributed by atoms with Gasteiger partial charge in [-0.3, -0.25) is 14.9 Å². The van der Waals surface area contributed by atoms with Crippen LogP contribution < -0.4 is 10.1 Å². The van der Waals surface area contributed by atoms with Gasteiger partial charge >= 0.3 is 5.97 Å². The first kappa shape index (κ1) is 15.4. The summed E-state index contributed by atoms with van der Waals surface area (Å²) in [6.07, 6.45) is 2.68.